The Hall–Kier alpha value is -2.35. The zero-order valence-corrected chi connectivity index (χ0v) is 22.2. The Morgan fingerprint density at radius 3 is 1.14 bits per heavy atom. The molecule has 0 heterocycles. The molecule has 0 amide bonds. The van der Waals surface area contributed by atoms with Gasteiger partial charge in [-0.3, -0.25) is 0 Å². The second kappa shape index (κ2) is 14.3. The molecule has 0 bridgehead atoms. The fraction of sp³-hybridized carbons (Fsp3) is 0.182. The Kier molecular flexibility index (Phi) is 12.5. The summed E-state index contributed by atoms with van der Waals surface area (Å²) in [6, 6.07) is 16.4. The second-order valence-corrected chi connectivity index (χ2v) is 8.92. The van der Waals surface area contributed by atoms with Gasteiger partial charge in [-0.2, -0.15) is 8.78 Å². The van der Waals surface area contributed by atoms with Crippen LogP contribution in [0, 0.1) is 29.1 Å². The van der Waals surface area contributed by atoms with Crippen molar-refractivity contribution in [1.29, 1.82) is 0 Å². The van der Waals surface area contributed by atoms with Crippen LogP contribution in [0.25, 0.3) is 0 Å². The lowest BCUT2D eigenvalue weighted by Crippen LogP contribution is -2.23. The molecule has 0 aliphatic rings. The smallest absolute Gasteiger partial charge is 0.507 e. The van der Waals surface area contributed by atoms with E-state index in [1.165, 1.54) is 11.4 Å². The largest absolute Gasteiger partial charge is 0.707 e. The number of rotatable bonds is 4. The number of hydrogen-bond acceptors (Lipinski definition) is 5. The zero-order valence-electron chi connectivity index (χ0n) is 19.0. The third-order valence-electron chi connectivity index (χ3n) is 4.08. The van der Waals surface area contributed by atoms with E-state index in [2.05, 4.69) is 70.6 Å². The number of hydrogen-bond donors (Lipinski definition) is 2. The molecular weight excluding hydrogens is 606 g/mol. The van der Waals surface area contributed by atoms with Crippen molar-refractivity contribution in [1.82, 2.24) is 0 Å². The summed E-state index contributed by atoms with van der Waals surface area (Å²) in [5.74, 6) is -13.1. The molecular formula is C22H22BBr2F5N2O3. The molecule has 3 rings (SSSR count). The molecule has 2 N–H and O–H groups in total. The molecule has 3 aromatic carbocycles. The van der Waals surface area contributed by atoms with Gasteiger partial charge in [0.2, 0.25) is 29.1 Å². The highest BCUT2D eigenvalue weighted by atomic mass is 79.9. The molecule has 3 aromatic rings. The van der Waals surface area contributed by atoms with Gasteiger partial charge in [0, 0.05) is 48.5 Å². The minimum Gasteiger partial charge on any atom is -0.507 e. The van der Waals surface area contributed by atoms with E-state index in [1.54, 1.807) is 0 Å². The molecule has 35 heavy (non-hydrogen) atoms. The Balaban J connectivity index is 0.000000271. The quantitative estimate of drug-likeness (QED) is 0.167. The van der Waals surface area contributed by atoms with Crippen LogP contribution in [0.5, 0.6) is 5.75 Å². The Morgan fingerprint density at radius 2 is 0.886 bits per heavy atom. The first kappa shape index (κ1) is 30.7. The van der Waals surface area contributed by atoms with Gasteiger partial charge in [-0.15, -0.1) is 0 Å². The lowest BCUT2D eigenvalue weighted by Gasteiger charge is -2.11. The van der Waals surface area contributed by atoms with Crippen molar-refractivity contribution in [2.75, 3.05) is 38.0 Å². The van der Waals surface area contributed by atoms with Crippen molar-refractivity contribution in [3.8, 4) is 5.75 Å². The highest BCUT2D eigenvalue weighted by molar-refractivity contribution is 9.10. The fourth-order valence-electron chi connectivity index (χ4n) is 2.27. The molecule has 5 nitrogen and oxygen atoms in total. The van der Waals surface area contributed by atoms with Crippen molar-refractivity contribution in [3.63, 3.8) is 0 Å². The van der Waals surface area contributed by atoms with Crippen LogP contribution in [0.1, 0.15) is 0 Å². The second-order valence-electron chi connectivity index (χ2n) is 7.08. The Bertz CT molecular complexity index is 1010. The molecule has 0 unspecified atom stereocenters. The van der Waals surface area contributed by atoms with Gasteiger partial charge < -0.3 is 24.5 Å². The maximum absolute atomic E-state index is 12.7. The Labute approximate surface area is 217 Å². The highest BCUT2D eigenvalue weighted by Crippen LogP contribution is 2.29. The molecule has 0 spiro atoms. The highest BCUT2D eigenvalue weighted by Gasteiger charge is 2.29. The summed E-state index contributed by atoms with van der Waals surface area (Å²) < 4.78 is 68.6. The summed E-state index contributed by atoms with van der Waals surface area (Å²) in [4.78, 5) is 4.15. The van der Waals surface area contributed by atoms with Crippen LogP contribution >= 0.6 is 31.9 Å². The summed E-state index contributed by atoms with van der Waals surface area (Å²) in [5, 5.41) is 16.3. The van der Waals surface area contributed by atoms with Crippen LogP contribution in [0.15, 0.2) is 57.5 Å². The van der Waals surface area contributed by atoms with Crippen LogP contribution < -0.4 is 14.5 Å². The lowest BCUT2D eigenvalue weighted by atomic mass is 10.2. The van der Waals surface area contributed by atoms with E-state index in [1.807, 2.05) is 52.5 Å². The summed E-state index contributed by atoms with van der Waals surface area (Å²) in [6.45, 7) is 0. The van der Waals surface area contributed by atoms with Crippen LogP contribution in [0.4, 0.5) is 33.3 Å². The first-order valence-electron chi connectivity index (χ1n) is 9.66. The number of benzene rings is 3. The molecule has 0 saturated heterocycles. The van der Waals surface area contributed by atoms with Crippen molar-refractivity contribution in [2.24, 2.45) is 0 Å². The van der Waals surface area contributed by atoms with Gasteiger partial charge in [-0.1, -0.05) is 31.9 Å². The first-order chi connectivity index (χ1) is 16.3. The number of anilines is 2. The SMILES string of the molecule is CN(C)c1ccc(Br)cc1.CN(C)c1ccc(Br)cc1.OB(O)Oc1c(F)c(F)c(F)c(F)c1F. The number of nitrogens with zero attached hydrogens (tertiary/aromatic N) is 2. The lowest BCUT2D eigenvalue weighted by molar-refractivity contribution is 0.263. The summed E-state index contributed by atoms with van der Waals surface area (Å²) in [6.07, 6.45) is 0. The van der Waals surface area contributed by atoms with E-state index < -0.39 is 42.2 Å². The number of halogens is 7. The van der Waals surface area contributed by atoms with Gasteiger partial charge in [0.25, 0.3) is 0 Å². The topological polar surface area (TPSA) is 56.2 Å². The maximum Gasteiger partial charge on any atom is 0.707 e. The van der Waals surface area contributed by atoms with Crippen molar-refractivity contribution < 1.29 is 36.7 Å². The van der Waals surface area contributed by atoms with E-state index in [0.29, 0.717) is 0 Å². The van der Waals surface area contributed by atoms with Crippen LogP contribution in [-0.2, 0) is 0 Å². The monoisotopic (exact) mass is 626 g/mol. The van der Waals surface area contributed by atoms with Crippen LogP contribution in [0.2, 0.25) is 0 Å². The minimum atomic E-state index is -2.70. The normalized spacial score (nSPS) is 9.86. The van der Waals surface area contributed by atoms with E-state index >= 15 is 0 Å². The van der Waals surface area contributed by atoms with Gasteiger partial charge in [-0.25, -0.2) is 13.2 Å². The third kappa shape index (κ3) is 9.67. The van der Waals surface area contributed by atoms with Gasteiger partial charge in [0.1, 0.15) is 0 Å². The zero-order chi connectivity index (χ0) is 26.9. The predicted molar refractivity (Wildman–Crippen MR) is 134 cm³/mol. The molecule has 0 aliphatic heterocycles. The van der Waals surface area contributed by atoms with Crippen LogP contribution in [0.3, 0.4) is 0 Å². The van der Waals surface area contributed by atoms with Gasteiger partial charge in [-0.05, 0) is 48.5 Å². The van der Waals surface area contributed by atoms with Crippen molar-refractivity contribution in [2.45, 2.75) is 0 Å². The average molecular weight is 628 g/mol. The van der Waals surface area contributed by atoms with Gasteiger partial charge in [0.05, 0.1) is 0 Å². The molecule has 190 valence electrons. The van der Waals surface area contributed by atoms with E-state index in [9.17, 15) is 22.0 Å². The fourth-order valence-corrected chi connectivity index (χ4v) is 2.80. The predicted octanol–water partition coefficient (Wildman–Crippen LogP) is 5.76. The van der Waals surface area contributed by atoms with Gasteiger partial charge >= 0.3 is 7.32 Å². The minimum absolute atomic E-state index is 1.12. The first-order valence-corrected chi connectivity index (χ1v) is 11.2. The molecule has 13 heteroatoms. The standard InChI is InChI=1S/2C8H10BrN.C6H2BF5O3/c2*1-10(2)8-5-3-7(9)4-6-8;8-1-2(9)4(11)6(15-7(13)14)5(12)3(1)10/h2*3-6H,1-2H3;13-14H. The Morgan fingerprint density at radius 1 is 0.600 bits per heavy atom. The molecule has 0 fully saturated rings. The van der Waals surface area contributed by atoms with Gasteiger partial charge in [0.15, 0.2) is 5.75 Å². The third-order valence-corrected chi connectivity index (χ3v) is 5.14. The van der Waals surface area contributed by atoms with E-state index in [4.69, 9.17) is 10.0 Å². The van der Waals surface area contributed by atoms with Crippen molar-refractivity contribution >= 4 is 50.6 Å². The van der Waals surface area contributed by atoms with E-state index in [-0.39, 0.29) is 0 Å². The molecule has 0 aliphatic carbocycles. The summed E-state index contributed by atoms with van der Waals surface area (Å²) in [7, 11) is 5.43. The van der Waals surface area contributed by atoms with Crippen LogP contribution in [-0.4, -0.2) is 45.6 Å². The summed E-state index contributed by atoms with van der Waals surface area (Å²) in [5.41, 5.74) is 2.45. The average Bonchev–Trinajstić information content (AvgIpc) is 2.80. The molecule has 0 radical (unpaired) electrons. The molecule has 0 aromatic heterocycles. The maximum atomic E-state index is 12.7. The molecule has 0 saturated carbocycles. The summed E-state index contributed by atoms with van der Waals surface area (Å²) >= 11 is 6.75. The van der Waals surface area contributed by atoms with Crippen molar-refractivity contribution in [3.05, 3.63) is 86.6 Å². The molecule has 0 atom stereocenters. The van der Waals surface area contributed by atoms with E-state index in [0.717, 1.165) is 8.95 Å².